The van der Waals surface area contributed by atoms with E-state index in [0.717, 1.165) is 5.56 Å². The van der Waals surface area contributed by atoms with E-state index < -0.39 is 30.1 Å². The van der Waals surface area contributed by atoms with Crippen LogP contribution in [0.3, 0.4) is 0 Å². The van der Waals surface area contributed by atoms with Gasteiger partial charge in [-0.1, -0.05) is 12.1 Å². The molecule has 21 heavy (non-hydrogen) atoms. The molecule has 0 aliphatic rings. The average Bonchev–Trinajstić information content (AvgIpc) is 2.37. The summed E-state index contributed by atoms with van der Waals surface area (Å²) in [6.45, 7) is 4.73. The maximum absolute atomic E-state index is 11.8. The molecular formula is C14H18N2O5. The molecule has 0 heterocycles. The zero-order valence-corrected chi connectivity index (χ0v) is 12.1. The van der Waals surface area contributed by atoms with Crippen molar-refractivity contribution in [3.63, 3.8) is 0 Å². The first kappa shape index (κ1) is 16.5. The standard InChI is InChI=1S/C14H18N2O5/c1-8-5-4-6-11(7-8)20-10(3)13(18)21-9(2)12(17)16-14(15)19/h4-7,9-10H,1-3H3,(H3,15,16,17,19)/t9-,10-/m0/s1. The van der Waals surface area contributed by atoms with Crippen molar-refractivity contribution in [3.05, 3.63) is 29.8 Å². The van der Waals surface area contributed by atoms with Crippen LogP contribution in [0.1, 0.15) is 19.4 Å². The number of nitrogens with two attached hydrogens (primary N) is 1. The number of carbonyl (C=O) groups is 3. The Morgan fingerprint density at radius 1 is 1.19 bits per heavy atom. The third-order valence-electron chi connectivity index (χ3n) is 2.54. The highest BCUT2D eigenvalue weighted by Gasteiger charge is 2.23. The van der Waals surface area contributed by atoms with Crippen LogP contribution in [0, 0.1) is 6.92 Å². The van der Waals surface area contributed by atoms with Gasteiger partial charge in [0, 0.05) is 0 Å². The smallest absolute Gasteiger partial charge is 0.347 e. The molecule has 0 aromatic heterocycles. The molecule has 0 saturated carbocycles. The third kappa shape index (κ3) is 5.52. The lowest BCUT2D eigenvalue weighted by molar-refractivity contribution is -0.160. The molecule has 7 heteroatoms. The van der Waals surface area contributed by atoms with E-state index in [2.05, 4.69) is 0 Å². The lowest BCUT2D eigenvalue weighted by atomic mass is 10.2. The summed E-state index contributed by atoms with van der Waals surface area (Å²) >= 11 is 0. The van der Waals surface area contributed by atoms with Gasteiger partial charge in [0.25, 0.3) is 5.91 Å². The van der Waals surface area contributed by atoms with Crippen molar-refractivity contribution in [1.82, 2.24) is 5.32 Å². The van der Waals surface area contributed by atoms with E-state index in [9.17, 15) is 14.4 Å². The van der Waals surface area contributed by atoms with Gasteiger partial charge in [-0.25, -0.2) is 9.59 Å². The van der Waals surface area contributed by atoms with Gasteiger partial charge in [-0.3, -0.25) is 10.1 Å². The monoisotopic (exact) mass is 294 g/mol. The van der Waals surface area contributed by atoms with Gasteiger partial charge in [0.1, 0.15) is 5.75 Å². The normalized spacial score (nSPS) is 12.9. The van der Waals surface area contributed by atoms with Gasteiger partial charge in [-0.15, -0.1) is 0 Å². The number of amides is 3. The number of benzene rings is 1. The van der Waals surface area contributed by atoms with Crippen LogP contribution < -0.4 is 15.8 Å². The summed E-state index contributed by atoms with van der Waals surface area (Å²) in [6, 6.07) is 6.16. The van der Waals surface area contributed by atoms with E-state index in [0.29, 0.717) is 5.75 Å². The molecule has 0 aliphatic carbocycles. The minimum Gasteiger partial charge on any atom is -0.479 e. The number of hydrogen-bond acceptors (Lipinski definition) is 5. The highest BCUT2D eigenvalue weighted by molar-refractivity contribution is 5.96. The van der Waals surface area contributed by atoms with E-state index in [4.69, 9.17) is 15.2 Å². The molecule has 0 fully saturated rings. The second kappa shape index (κ2) is 7.28. The van der Waals surface area contributed by atoms with Crippen LogP contribution in [0.2, 0.25) is 0 Å². The van der Waals surface area contributed by atoms with Gasteiger partial charge >= 0.3 is 12.0 Å². The molecular weight excluding hydrogens is 276 g/mol. The molecule has 2 atom stereocenters. The van der Waals surface area contributed by atoms with E-state index in [-0.39, 0.29) is 0 Å². The number of esters is 1. The highest BCUT2D eigenvalue weighted by Crippen LogP contribution is 2.14. The van der Waals surface area contributed by atoms with Gasteiger partial charge in [0.15, 0.2) is 12.2 Å². The highest BCUT2D eigenvalue weighted by atomic mass is 16.6. The minimum atomic E-state index is -1.14. The lowest BCUT2D eigenvalue weighted by Gasteiger charge is -2.17. The third-order valence-corrected chi connectivity index (χ3v) is 2.54. The van der Waals surface area contributed by atoms with Crippen molar-refractivity contribution in [1.29, 1.82) is 0 Å². The van der Waals surface area contributed by atoms with E-state index in [1.165, 1.54) is 13.8 Å². The molecule has 0 radical (unpaired) electrons. The Kier molecular flexibility index (Phi) is 5.71. The Bertz CT molecular complexity index is 544. The molecule has 1 aromatic carbocycles. The predicted octanol–water partition coefficient (Wildman–Crippen LogP) is 0.889. The van der Waals surface area contributed by atoms with Crippen LogP contribution in [0.5, 0.6) is 5.75 Å². The first-order chi connectivity index (χ1) is 9.79. The predicted molar refractivity (Wildman–Crippen MR) is 74.5 cm³/mol. The van der Waals surface area contributed by atoms with Gasteiger partial charge in [0.05, 0.1) is 0 Å². The van der Waals surface area contributed by atoms with E-state index in [1.54, 1.807) is 18.2 Å². The molecule has 0 aliphatic heterocycles. The van der Waals surface area contributed by atoms with Gasteiger partial charge in [-0.2, -0.15) is 0 Å². The number of imide groups is 1. The van der Waals surface area contributed by atoms with Crippen molar-refractivity contribution >= 4 is 17.9 Å². The van der Waals surface area contributed by atoms with Gasteiger partial charge in [0.2, 0.25) is 0 Å². The zero-order valence-electron chi connectivity index (χ0n) is 12.1. The quantitative estimate of drug-likeness (QED) is 0.784. The van der Waals surface area contributed by atoms with Crippen molar-refractivity contribution in [2.24, 2.45) is 5.73 Å². The summed E-state index contributed by atoms with van der Waals surface area (Å²) in [6.07, 6.45) is -2.04. The molecule has 0 unspecified atom stereocenters. The molecule has 1 rings (SSSR count). The fourth-order valence-electron chi connectivity index (χ4n) is 1.49. The Morgan fingerprint density at radius 3 is 2.43 bits per heavy atom. The second-order valence-electron chi connectivity index (χ2n) is 4.51. The van der Waals surface area contributed by atoms with Crippen LogP contribution >= 0.6 is 0 Å². The number of urea groups is 1. The average molecular weight is 294 g/mol. The number of rotatable bonds is 5. The maximum Gasteiger partial charge on any atom is 0.347 e. The maximum atomic E-state index is 11.8. The molecule has 3 amide bonds. The van der Waals surface area contributed by atoms with Gasteiger partial charge in [-0.05, 0) is 38.5 Å². The first-order valence-electron chi connectivity index (χ1n) is 6.33. The number of hydrogen-bond donors (Lipinski definition) is 2. The van der Waals surface area contributed by atoms with Crippen LogP contribution in [0.15, 0.2) is 24.3 Å². The number of ether oxygens (including phenoxy) is 2. The Balaban J connectivity index is 2.54. The first-order valence-corrected chi connectivity index (χ1v) is 6.33. The van der Waals surface area contributed by atoms with Crippen LogP contribution in [-0.2, 0) is 14.3 Å². The van der Waals surface area contributed by atoms with Crippen molar-refractivity contribution < 1.29 is 23.9 Å². The molecule has 0 bridgehead atoms. The van der Waals surface area contributed by atoms with Gasteiger partial charge < -0.3 is 15.2 Å². The Hall–Kier alpha value is -2.57. The lowest BCUT2D eigenvalue weighted by Crippen LogP contribution is -2.43. The summed E-state index contributed by atoms with van der Waals surface area (Å²) in [7, 11) is 0. The summed E-state index contributed by atoms with van der Waals surface area (Å²) < 4.78 is 10.3. The number of nitrogens with one attached hydrogen (secondary N) is 1. The fraction of sp³-hybridized carbons (Fsp3) is 0.357. The topological polar surface area (TPSA) is 108 Å². The molecule has 0 spiro atoms. The molecule has 1 aromatic rings. The SMILES string of the molecule is Cc1cccc(O[C@@H](C)C(=O)O[C@@H](C)C(=O)NC(N)=O)c1. The van der Waals surface area contributed by atoms with Crippen LogP contribution in [0.4, 0.5) is 4.79 Å². The minimum absolute atomic E-state index is 0.522. The van der Waals surface area contributed by atoms with Crippen molar-refractivity contribution in [2.75, 3.05) is 0 Å². The zero-order chi connectivity index (χ0) is 16.0. The molecule has 114 valence electrons. The fourth-order valence-corrected chi connectivity index (χ4v) is 1.49. The van der Waals surface area contributed by atoms with Crippen molar-refractivity contribution in [2.45, 2.75) is 33.0 Å². The molecule has 0 saturated heterocycles. The Labute approximate surface area is 122 Å². The number of carbonyl (C=O) groups excluding carboxylic acids is 3. The number of primary amides is 1. The van der Waals surface area contributed by atoms with Crippen molar-refractivity contribution in [3.8, 4) is 5.75 Å². The Morgan fingerprint density at radius 2 is 1.86 bits per heavy atom. The molecule has 3 N–H and O–H groups in total. The van der Waals surface area contributed by atoms with Crippen LogP contribution in [-0.4, -0.2) is 30.1 Å². The second-order valence-corrected chi connectivity index (χ2v) is 4.51. The van der Waals surface area contributed by atoms with E-state index >= 15 is 0 Å². The van der Waals surface area contributed by atoms with E-state index in [1.807, 2.05) is 18.3 Å². The molecule has 7 nitrogen and oxygen atoms in total. The summed E-state index contributed by atoms with van der Waals surface area (Å²) in [5, 5.41) is 1.83. The largest absolute Gasteiger partial charge is 0.479 e. The van der Waals surface area contributed by atoms with Crippen LogP contribution in [0.25, 0.3) is 0 Å². The summed E-state index contributed by atoms with van der Waals surface area (Å²) in [4.78, 5) is 33.7. The summed E-state index contributed by atoms with van der Waals surface area (Å²) in [5.41, 5.74) is 5.79. The summed E-state index contributed by atoms with van der Waals surface area (Å²) in [5.74, 6) is -0.990. The number of aryl methyl sites for hydroxylation is 1.